The molecule has 0 spiro atoms. The van der Waals surface area contributed by atoms with Gasteiger partial charge in [-0.3, -0.25) is 15.1 Å². The Hall–Kier alpha value is -4.29. The van der Waals surface area contributed by atoms with E-state index in [-0.39, 0.29) is 0 Å². The lowest BCUT2D eigenvalue weighted by Crippen LogP contribution is -2.12. The molecule has 6 nitrogen and oxygen atoms in total. The number of fused-ring (bicyclic) bond motifs is 2. The first-order valence-corrected chi connectivity index (χ1v) is 10.9. The minimum absolute atomic E-state index is 0.740. The second-order valence-corrected chi connectivity index (χ2v) is 8.13. The van der Waals surface area contributed by atoms with Crippen molar-refractivity contribution < 1.29 is 0 Å². The van der Waals surface area contributed by atoms with Gasteiger partial charge < -0.3 is 10.3 Å². The topological polar surface area (TPSA) is 82.3 Å². The third kappa shape index (κ3) is 3.88. The van der Waals surface area contributed by atoms with Crippen molar-refractivity contribution in [3.8, 4) is 22.6 Å². The second kappa shape index (κ2) is 8.33. The van der Waals surface area contributed by atoms with Crippen LogP contribution in [0.3, 0.4) is 0 Å². The highest BCUT2D eigenvalue weighted by molar-refractivity contribution is 5.96. The molecule has 0 radical (unpaired) electrons. The van der Waals surface area contributed by atoms with Gasteiger partial charge in [-0.15, -0.1) is 0 Å². The van der Waals surface area contributed by atoms with Crippen LogP contribution in [0.25, 0.3) is 44.5 Å². The highest BCUT2D eigenvalue weighted by atomic mass is 15.1. The minimum Gasteiger partial charge on any atom is -0.353 e. The predicted molar refractivity (Wildman–Crippen MR) is 131 cm³/mol. The van der Waals surface area contributed by atoms with Crippen LogP contribution < -0.4 is 5.32 Å². The SMILES string of the molecule is c1ccc(CNCc2cncc(-c3cc4c(-c5cc6ccccc6[nH]5)n[nH]c4cn3)c2)cc1. The first-order valence-electron chi connectivity index (χ1n) is 10.9. The molecule has 0 amide bonds. The number of pyridine rings is 2. The molecule has 0 aliphatic rings. The summed E-state index contributed by atoms with van der Waals surface area (Å²) in [6.45, 7) is 1.56. The number of hydrogen-bond donors (Lipinski definition) is 3. The average Bonchev–Trinajstić information content (AvgIpc) is 3.48. The summed E-state index contributed by atoms with van der Waals surface area (Å²) in [7, 11) is 0. The maximum absolute atomic E-state index is 4.65. The third-order valence-corrected chi connectivity index (χ3v) is 5.82. The van der Waals surface area contributed by atoms with Gasteiger partial charge in [-0.25, -0.2) is 0 Å². The molecule has 6 aromatic rings. The van der Waals surface area contributed by atoms with Crippen LogP contribution in [-0.4, -0.2) is 25.1 Å². The molecule has 4 aromatic heterocycles. The number of nitrogens with one attached hydrogen (secondary N) is 3. The number of aromatic amines is 2. The van der Waals surface area contributed by atoms with Gasteiger partial charge >= 0.3 is 0 Å². The van der Waals surface area contributed by atoms with Crippen molar-refractivity contribution in [2.24, 2.45) is 0 Å². The van der Waals surface area contributed by atoms with Gasteiger partial charge in [0.05, 0.1) is 23.1 Å². The van der Waals surface area contributed by atoms with Crippen LogP contribution in [0, 0.1) is 0 Å². The number of hydrogen-bond acceptors (Lipinski definition) is 4. The van der Waals surface area contributed by atoms with Crippen molar-refractivity contribution in [1.82, 2.24) is 30.5 Å². The lowest BCUT2D eigenvalue weighted by atomic mass is 10.1. The van der Waals surface area contributed by atoms with E-state index in [4.69, 9.17) is 0 Å². The van der Waals surface area contributed by atoms with Crippen molar-refractivity contribution in [3.05, 3.63) is 103 Å². The second-order valence-electron chi connectivity index (χ2n) is 8.13. The molecule has 4 heterocycles. The summed E-state index contributed by atoms with van der Waals surface area (Å²) in [6.07, 6.45) is 5.59. The zero-order valence-corrected chi connectivity index (χ0v) is 17.9. The van der Waals surface area contributed by atoms with Crippen molar-refractivity contribution in [2.75, 3.05) is 0 Å². The number of para-hydroxylation sites is 1. The molecular formula is C27H22N6. The molecule has 3 N–H and O–H groups in total. The van der Waals surface area contributed by atoms with E-state index in [0.717, 1.165) is 63.1 Å². The minimum atomic E-state index is 0.740. The van der Waals surface area contributed by atoms with Crippen molar-refractivity contribution in [3.63, 3.8) is 0 Å². The van der Waals surface area contributed by atoms with E-state index in [1.165, 1.54) is 5.56 Å². The van der Waals surface area contributed by atoms with E-state index in [0.29, 0.717) is 0 Å². The molecule has 33 heavy (non-hydrogen) atoms. The summed E-state index contributed by atoms with van der Waals surface area (Å²) in [5, 5.41) is 13.3. The number of aromatic nitrogens is 5. The van der Waals surface area contributed by atoms with Crippen molar-refractivity contribution in [1.29, 1.82) is 0 Å². The average molecular weight is 431 g/mol. The summed E-state index contributed by atoms with van der Waals surface area (Å²) in [6, 6.07) is 25.0. The van der Waals surface area contributed by atoms with Gasteiger partial charge in [-0.05, 0) is 35.4 Å². The largest absolute Gasteiger partial charge is 0.353 e. The molecule has 0 saturated carbocycles. The van der Waals surface area contributed by atoms with Crippen LogP contribution in [0.4, 0.5) is 0 Å². The summed E-state index contributed by atoms with van der Waals surface area (Å²) in [4.78, 5) is 12.6. The van der Waals surface area contributed by atoms with Gasteiger partial charge in [0.25, 0.3) is 0 Å². The maximum Gasteiger partial charge on any atom is 0.116 e. The Bertz CT molecular complexity index is 1510. The Labute approximate surface area is 190 Å². The molecule has 0 fully saturated rings. The maximum atomic E-state index is 4.65. The molecule has 0 aliphatic carbocycles. The zero-order valence-electron chi connectivity index (χ0n) is 17.9. The number of nitrogens with zero attached hydrogens (tertiary/aromatic N) is 3. The Balaban J connectivity index is 1.28. The van der Waals surface area contributed by atoms with E-state index in [1.807, 2.05) is 36.8 Å². The fraction of sp³-hybridized carbons (Fsp3) is 0.0741. The number of benzene rings is 2. The molecule has 0 aliphatic heterocycles. The molecular weight excluding hydrogens is 408 g/mol. The van der Waals surface area contributed by atoms with Gasteiger partial charge in [-0.2, -0.15) is 5.10 Å². The molecule has 0 unspecified atom stereocenters. The normalized spacial score (nSPS) is 11.4. The Morgan fingerprint density at radius 2 is 1.61 bits per heavy atom. The van der Waals surface area contributed by atoms with Crippen LogP contribution in [-0.2, 0) is 13.1 Å². The highest BCUT2D eigenvalue weighted by Gasteiger charge is 2.13. The van der Waals surface area contributed by atoms with E-state index in [2.05, 4.69) is 85.1 Å². The van der Waals surface area contributed by atoms with Gasteiger partial charge in [0.2, 0.25) is 0 Å². The summed E-state index contributed by atoms with van der Waals surface area (Å²) < 4.78 is 0. The lowest BCUT2D eigenvalue weighted by molar-refractivity contribution is 0.691. The van der Waals surface area contributed by atoms with Crippen molar-refractivity contribution in [2.45, 2.75) is 13.1 Å². The van der Waals surface area contributed by atoms with E-state index in [1.54, 1.807) is 0 Å². The van der Waals surface area contributed by atoms with Crippen LogP contribution in [0.15, 0.2) is 91.4 Å². The molecule has 0 atom stereocenters. The summed E-state index contributed by atoms with van der Waals surface area (Å²) in [5.74, 6) is 0. The van der Waals surface area contributed by atoms with E-state index in [9.17, 15) is 0 Å². The summed E-state index contributed by atoms with van der Waals surface area (Å²) >= 11 is 0. The van der Waals surface area contributed by atoms with Gasteiger partial charge in [0.1, 0.15) is 5.69 Å². The molecule has 0 bridgehead atoms. The number of rotatable bonds is 6. The smallest absolute Gasteiger partial charge is 0.116 e. The first kappa shape index (κ1) is 19.4. The quantitative estimate of drug-likeness (QED) is 0.328. The Kier molecular flexibility index (Phi) is 4.90. The monoisotopic (exact) mass is 430 g/mol. The Morgan fingerprint density at radius 3 is 2.52 bits per heavy atom. The molecule has 6 rings (SSSR count). The lowest BCUT2D eigenvalue weighted by Gasteiger charge is -2.07. The summed E-state index contributed by atoms with van der Waals surface area (Å²) in [5.41, 5.74) is 8.11. The fourth-order valence-electron chi connectivity index (χ4n) is 4.15. The van der Waals surface area contributed by atoms with Crippen molar-refractivity contribution >= 4 is 21.8 Å². The van der Waals surface area contributed by atoms with E-state index < -0.39 is 0 Å². The highest BCUT2D eigenvalue weighted by Crippen LogP contribution is 2.30. The van der Waals surface area contributed by atoms with Gasteiger partial charge in [0, 0.05) is 47.3 Å². The fourth-order valence-corrected chi connectivity index (χ4v) is 4.15. The predicted octanol–water partition coefficient (Wildman–Crippen LogP) is 5.46. The molecule has 2 aromatic carbocycles. The first-order chi connectivity index (χ1) is 16.3. The van der Waals surface area contributed by atoms with E-state index >= 15 is 0 Å². The number of H-pyrrole nitrogens is 2. The van der Waals surface area contributed by atoms with Crippen LogP contribution >= 0.6 is 0 Å². The third-order valence-electron chi connectivity index (χ3n) is 5.82. The van der Waals surface area contributed by atoms with Crippen LogP contribution in [0.2, 0.25) is 0 Å². The Morgan fingerprint density at radius 1 is 0.758 bits per heavy atom. The molecule has 160 valence electrons. The standard InChI is InChI=1S/C27H22N6/c1-2-6-18(7-3-1)13-28-14-19-10-21(16-29-15-19)24-12-22-26(17-30-24)32-33-27(22)25-11-20-8-4-5-9-23(20)31-25/h1-12,15-17,28,31H,13-14H2,(H,32,33). The molecule has 6 heteroatoms. The van der Waals surface area contributed by atoms with Gasteiger partial charge in [-0.1, -0.05) is 48.5 Å². The van der Waals surface area contributed by atoms with Crippen LogP contribution in [0.5, 0.6) is 0 Å². The molecule has 0 saturated heterocycles. The van der Waals surface area contributed by atoms with Gasteiger partial charge in [0.15, 0.2) is 0 Å². The zero-order chi connectivity index (χ0) is 22.0. The van der Waals surface area contributed by atoms with Crippen LogP contribution in [0.1, 0.15) is 11.1 Å².